The zero-order valence-corrected chi connectivity index (χ0v) is 11.6. The van der Waals surface area contributed by atoms with Gasteiger partial charge in [-0.2, -0.15) is 0 Å². The zero-order valence-electron chi connectivity index (χ0n) is 11.6. The standard InChI is InChI=1S/C16H25NO/c1-3-5-6-12(4-2)16(17)14-7-8-15-13(11-14)9-10-18-15/h7-8,11-12,16H,3-6,9-10,17H2,1-2H3. The molecule has 2 N–H and O–H groups in total. The largest absolute Gasteiger partial charge is 0.493 e. The number of hydrogen-bond acceptors (Lipinski definition) is 2. The lowest BCUT2D eigenvalue weighted by molar-refractivity contribution is 0.356. The number of hydrogen-bond donors (Lipinski definition) is 1. The molecule has 0 aromatic heterocycles. The zero-order chi connectivity index (χ0) is 13.0. The second kappa shape index (κ2) is 6.24. The second-order valence-corrected chi connectivity index (χ2v) is 5.30. The van der Waals surface area contributed by atoms with Crippen molar-refractivity contribution in [2.75, 3.05) is 6.61 Å². The maximum Gasteiger partial charge on any atom is 0.122 e. The molecule has 0 saturated carbocycles. The summed E-state index contributed by atoms with van der Waals surface area (Å²) in [6.45, 7) is 5.31. The fourth-order valence-corrected chi connectivity index (χ4v) is 2.79. The van der Waals surface area contributed by atoms with Gasteiger partial charge in [0.25, 0.3) is 0 Å². The van der Waals surface area contributed by atoms with Crippen molar-refractivity contribution in [1.29, 1.82) is 0 Å². The lowest BCUT2D eigenvalue weighted by atomic mass is 9.87. The van der Waals surface area contributed by atoms with Crippen molar-refractivity contribution < 1.29 is 4.74 Å². The van der Waals surface area contributed by atoms with Crippen LogP contribution in [0.5, 0.6) is 5.75 Å². The minimum atomic E-state index is 0.174. The summed E-state index contributed by atoms with van der Waals surface area (Å²) in [6, 6.07) is 6.65. The monoisotopic (exact) mass is 247 g/mol. The van der Waals surface area contributed by atoms with Gasteiger partial charge in [0, 0.05) is 12.5 Å². The Bertz CT molecular complexity index is 389. The molecule has 0 saturated heterocycles. The van der Waals surface area contributed by atoms with E-state index in [2.05, 4.69) is 32.0 Å². The lowest BCUT2D eigenvalue weighted by Crippen LogP contribution is -2.21. The molecule has 1 aromatic rings. The average Bonchev–Trinajstić information content (AvgIpc) is 2.86. The van der Waals surface area contributed by atoms with Crippen molar-refractivity contribution in [2.45, 2.75) is 52.0 Å². The molecule has 18 heavy (non-hydrogen) atoms. The second-order valence-electron chi connectivity index (χ2n) is 5.30. The van der Waals surface area contributed by atoms with Crippen LogP contribution in [-0.2, 0) is 6.42 Å². The number of ether oxygens (including phenoxy) is 1. The number of rotatable bonds is 6. The molecular formula is C16H25NO. The number of unbranched alkanes of at least 4 members (excludes halogenated alkanes) is 1. The van der Waals surface area contributed by atoms with Crippen LogP contribution in [0.2, 0.25) is 0 Å². The maximum atomic E-state index is 6.44. The summed E-state index contributed by atoms with van der Waals surface area (Å²) in [5.74, 6) is 1.65. The third-order valence-electron chi connectivity index (χ3n) is 4.06. The quantitative estimate of drug-likeness (QED) is 0.829. The van der Waals surface area contributed by atoms with E-state index in [1.807, 2.05) is 0 Å². The molecule has 0 radical (unpaired) electrons. The van der Waals surface area contributed by atoms with Crippen LogP contribution in [0.4, 0.5) is 0 Å². The van der Waals surface area contributed by atoms with Crippen LogP contribution in [0.25, 0.3) is 0 Å². The van der Waals surface area contributed by atoms with Crippen LogP contribution in [0, 0.1) is 5.92 Å². The van der Waals surface area contributed by atoms with Crippen molar-refractivity contribution in [3.8, 4) is 5.75 Å². The fourth-order valence-electron chi connectivity index (χ4n) is 2.79. The summed E-state index contributed by atoms with van der Waals surface area (Å²) in [7, 11) is 0. The van der Waals surface area contributed by atoms with Gasteiger partial charge in [-0.25, -0.2) is 0 Å². The van der Waals surface area contributed by atoms with Gasteiger partial charge >= 0.3 is 0 Å². The van der Waals surface area contributed by atoms with E-state index in [-0.39, 0.29) is 6.04 Å². The highest BCUT2D eigenvalue weighted by molar-refractivity contribution is 5.40. The lowest BCUT2D eigenvalue weighted by Gasteiger charge is -2.23. The minimum Gasteiger partial charge on any atom is -0.493 e. The Morgan fingerprint density at radius 1 is 1.33 bits per heavy atom. The summed E-state index contributed by atoms with van der Waals surface area (Å²) in [6.07, 6.45) is 5.96. The van der Waals surface area contributed by atoms with Crippen LogP contribution >= 0.6 is 0 Å². The highest BCUT2D eigenvalue weighted by Gasteiger charge is 2.20. The molecule has 2 atom stereocenters. The molecule has 0 spiro atoms. The average molecular weight is 247 g/mol. The van der Waals surface area contributed by atoms with Gasteiger partial charge in [0.15, 0.2) is 0 Å². The van der Waals surface area contributed by atoms with E-state index in [1.165, 1.54) is 30.4 Å². The minimum absolute atomic E-state index is 0.174. The Kier molecular flexibility index (Phi) is 4.65. The van der Waals surface area contributed by atoms with Crippen molar-refractivity contribution in [3.05, 3.63) is 29.3 Å². The molecule has 0 bridgehead atoms. The van der Waals surface area contributed by atoms with Crippen LogP contribution in [0.3, 0.4) is 0 Å². The van der Waals surface area contributed by atoms with Crippen molar-refractivity contribution in [2.24, 2.45) is 11.7 Å². The van der Waals surface area contributed by atoms with Crippen molar-refractivity contribution in [3.63, 3.8) is 0 Å². The Balaban J connectivity index is 2.09. The third kappa shape index (κ3) is 2.86. The molecule has 2 unspecified atom stereocenters. The van der Waals surface area contributed by atoms with Gasteiger partial charge in [-0.15, -0.1) is 0 Å². The SMILES string of the molecule is CCCCC(CC)C(N)c1ccc2c(c1)CCO2. The van der Waals surface area contributed by atoms with Crippen LogP contribution < -0.4 is 10.5 Å². The van der Waals surface area contributed by atoms with Gasteiger partial charge in [-0.1, -0.05) is 45.2 Å². The molecule has 0 fully saturated rings. The van der Waals surface area contributed by atoms with Crippen LogP contribution in [0.15, 0.2) is 18.2 Å². The molecular weight excluding hydrogens is 222 g/mol. The first kappa shape index (κ1) is 13.4. The number of nitrogens with two attached hydrogens (primary N) is 1. The van der Waals surface area contributed by atoms with E-state index in [0.717, 1.165) is 25.2 Å². The summed E-state index contributed by atoms with van der Waals surface area (Å²) < 4.78 is 5.54. The first-order valence-corrected chi connectivity index (χ1v) is 7.27. The number of benzene rings is 1. The van der Waals surface area contributed by atoms with E-state index in [1.54, 1.807) is 0 Å². The van der Waals surface area contributed by atoms with Gasteiger partial charge in [-0.05, 0) is 29.5 Å². The summed E-state index contributed by atoms with van der Waals surface area (Å²) in [4.78, 5) is 0. The molecule has 1 aromatic carbocycles. The fraction of sp³-hybridized carbons (Fsp3) is 0.625. The highest BCUT2D eigenvalue weighted by atomic mass is 16.5. The molecule has 1 heterocycles. The van der Waals surface area contributed by atoms with E-state index in [9.17, 15) is 0 Å². The highest BCUT2D eigenvalue weighted by Crippen LogP contribution is 2.32. The Morgan fingerprint density at radius 3 is 2.89 bits per heavy atom. The van der Waals surface area contributed by atoms with Crippen molar-refractivity contribution >= 4 is 0 Å². The third-order valence-corrected chi connectivity index (χ3v) is 4.06. The molecule has 100 valence electrons. The molecule has 2 heteroatoms. The maximum absolute atomic E-state index is 6.44. The van der Waals surface area contributed by atoms with Gasteiger partial charge in [0.05, 0.1) is 6.61 Å². The van der Waals surface area contributed by atoms with Crippen LogP contribution in [0.1, 0.15) is 56.7 Å². The Morgan fingerprint density at radius 2 is 2.17 bits per heavy atom. The summed E-state index contributed by atoms with van der Waals surface area (Å²) >= 11 is 0. The number of fused-ring (bicyclic) bond motifs is 1. The molecule has 0 aliphatic carbocycles. The van der Waals surface area contributed by atoms with Gasteiger partial charge < -0.3 is 10.5 Å². The Hall–Kier alpha value is -1.02. The van der Waals surface area contributed by atoms with Crippen molar-refractivity contribution in [1.82, 2.24) is 0 Å². The molecule has 2 nitrogen and oxygen atoms in total. The molecule has 1 aliphatic heterocycles. The normalized spacial score (nSPS) is 17.1. The van der Waals surface area contributed by atoms with E-state index in [4.69, 9.17) is 10.5 Å². The van der Waals surface area contributed by atoms with Gasteiger partial charge in [0.1, 0.15) is 5.75 Å². The van der Waals surface area contributed by atoms with Gasteiger partial charge in [0.2, 0.25) is 0 Å². The summed E-state index contributed by atoms with van der Waals surface area (Å²) in [5, 5.41) is 0. The first-order valence-electron chi connectivity index (χ1n) is 7.27. The summed E-state index contributed by atoms with van der Waals surface area (Å²) in [5.41, 5.74) is 9.05. The smallest absolute Gasteiger partial charge is 0.122 e. The molecule has 0 amide bonds. The van der Waals surface area contributed by atoms with Crippen LogP contribution in [-0.4, -0.2) is 6.61 Å². The van der Waals surface area contributed by atoms with Gasteiger partial charge in [-0.3, -0.25) is 0 Å². The molecule has 2 rings (SSSR count). The topological polar surface area (TPSA) is 35.2 Å². The first-order chi connectivity index (χ1) is 8.76. The van der Waals surface area contributed by atoms with E-state index in [0.29, 0.717) is 5.92 Å². The Labute approximate surface area is 111 Å². The van der Waals surface area contributed by atoms with E-state index >= 15 is 0 Å². The predicted molar refractivity (Wildman–Crippen MR) is 75.9 cm³/mol. The molecule has 1 aliphatic rings. The van der Waals surface area contributed by atoms with E-state index < -0.39 is 0 Å². The predicted octanol–water partition coefficient (Wildman–Crippen LogP) is 3.84.